The van der Waals surface area contributed by atoms with E-state index in [0.717, 1.165) is 12.0 Å². The first-order valence-electron chi connectivity index (χ1n) is 5.79. The summed E-state index contributed by atoms with van der Waals surface area (Å²) >= 11 is 0. The number of hydrogen-bond donors (Lipinski definition) is 1. The molecule has 0 bridgehead atoms. The average molecular weight is 256 g/mol. The second-order valence-electron chi connectivity index (χ2n) is 4.86. The van der Waals surface area contributed by atoms with E-state index < -0.39 is 15.4 Å². The topological polar surface area (TPSA) is 54.4 Å². The summed E-state index contributed by atoms with van der Waals surface area (Å²) in [5, 5.41) is 9.60. The van der Waals surface area contributed by atoms with Crippen molar-refractivity contribution in [3.8, 4) is 0 Å². The molecule has 0 atom stereocenters. The standard InChI is InChI=1S/C13H20O3S/c1-4-17(15,16)12-7-5-11(6-8-12)9-10-13(2,3)14/h5-8,14H,4,9-10H2,1-3H3. The van der Waals surface area contributed by atoms with Crippen molar-refractivity contribution in [1.82, 2.24) is 0 Å². The molecule has 4 heteroatoms. The number of rotatable bonds is 5. The van der Waals surface area contributed by atoms with E-state index in [1.807, 2.05) is 12.1 Å². The third-order valence-corrected chi connectivity index (χ3v) is 4.44. The maximum absolute atomic E-state index is 11.6. The fourth-order valence-electron chi connectivity index (χ4n) is 1.48. The molecule has 1 rings (SSSR count). The van der Waals surface area contributed by atoms with Crippen molar-refractivity contribution in [2.24, 2.45) is 0 Å². The Labute approximate surface area is 103 Å². The first kappa shape index (κ1) is 14.2. The molecule has 1 N–H and O–H groups in total. The van der Waals surface area contributed by atoms with Crippen molar-refractivity contribution >= 4 is 9.84 Å². The van der Waals surface area contributed by atoms with Crippen LogP contribution in [0.25, 0.3) is 0 Å². The van der Waals surface area contributed by atoms with Crippen LogP contribution in [-0.2, 0) is 16.3 Å². The molecule has 0 saturated heterocycles. The summed E-state index contributed by atoms with van der Waals surface area (Å²) in [4.78, 5) is 0.368. The zero-order valence-corrected chi connectivity index (χ0v) is 11.4. The van der Waals surface area contributed by atoms with Gasteiger partial charge in [0.05, 0.1) is 16.2 Å². The zero-order valence-electron chi connectivity index (χ0n) is 10.6. The second kappa shape index (κ2) is 5.19. The van der Waals surface area contributed by atoms with Gasteiger partial charge in [-0.15, -0.1) is 0 Å². The number of hydrogen-bond acceptors (Lipinski definition) is 3. The Morgan fingerprint density at radius 1 is 1.18 bits per heavy atom. The van der Waals surface area contributed by atoms with Crippen molar-refractivity contribution in [3.63, 3.8) is 0 Å². The highest BCUT2D eigenvalue weighted by molar-refractivity contribution is 7.91. The highest BCUT2D eigenvalue weighted by atomic mass is 32.2. The molecular formula is C13H20O3S. The molecule has 0 aliphatic heterocycles. The van der Waals surface area contributed by atoms with Crippen LogP contribution in [-0.4, -0.2) is 24.9 Å². The summed E-state index contributed by atoms with van der Waals surface area (Å²) in [5.41, 5.74) is 0.357. The van der Waals surface area contributed by atoms with Crippen molar-refractivity contribution < 1.29 is 13.5 Å². The maximum atomic E-state index is 11.6. The second-order valence-corrected chi connectivity index (χ2v) is 7.14. The first-order chi connectivity index (χ1) is 7.74. The summed E-state index contributed by atoms with van der Waals surface area (Å²) in [6.07, 6.45) is 1.41. The molecule has 0 spiro atoms. The van der Waals surface area contributed by atoms with Crippen LogP contribution in [0.15, 0.2) is 29.2 Å². The number of aliphatic hydroxyl groups is 1. The van der Waals surface area contributed by atoms with Gasteiger partial charge < -0.3 is 5.11 Å². The van der Waals surface area contributed by atoms with E-state index in [1.165, 1.54) is 0 Å². The molecule has 0 aromatic heterocycles. The third kappa shape index (κ3) is 4.48. The van der Waals surface area contributed by atoms with Crippen LogP contribution < -0.4 is 0 Å². The summed E-state index contributed by atoms with van der Waals surface area (Å²) in [7, 11) is -3.11. The molecule has 96 valence electrons. The molecule has 0 heterocycles. The van der Waals surface area contributed by atoms with Crippen molar-refractivity contribution in [3.05, 3.63) is 29.8 Å². The molecule has 1 aromatic rings. The highest BCUT2D eigenvalue weighted by Crippen LogP contribution is 2.16. The Morgan fingerprint density at radius 3 is 2.12 bits per heavy atom. The van der Waals surface area contributed by atoms with Gasteiger partial charge in [-0.2, -0.15) is 0 Å². The van der Waals surface area contributed by atoms with Crippen LogP contribution in [0.1, 0.15) is 32.8 Å². The van der Waals surface area contributed by atoms with Crippen molar-refractivity contribution in [1.29, 1.82) is 0 Å². The van der Waals surface area contributed by atoms with Crippen LogP contribution in [0.3, 0.4) is 0 Å². The lowest BCUT2D eigenvalue weighted by Crippen LogP contribution is -2.19. The van der Waals surface area contributed by atoms with Gasteiger partial charge in [0.2, 0.25) is 0 Å². The smallest absolute Gasteiger partial charge is 0.178 e. The van der Waals surface area contributed by atoms with Gasteiger partial charge in [0.15, 0.2) is 9.84 Å². The van der Waals surface area contributed by atoms with Crippen LogP contribution in [0.2, 0.25) is 0 Å². The van der Waals surface area contributed by atoms with Crippen molar-refractivity contribution in [2.45, 2.75) is 44.1 Å². The predicted octanol–water partition coefficient (Wildman–Crippen LogP) is 2.18. The molecule has 0 aliphatic carbocycles. The summed E-state index contributed by atoms with van der Waals surface area (Å²) < 4.78 is 23.2. The Kier molecular flexibility index (Phi) is 4.33. The van der Waals surface area contributed by atoms with Crippen LogP contribution in [0.5, 0.6) is 0 Å². The summed E-state index contributed by atoms with van der Waals surface area (Å²) in [6, 6.07) is 6.90. The molecular weight excluding hydrogens is 236 g/mol. The van der Waals surface area contributed by atoms with Crippen LogP contribution >= 0.6 is 0 Å². The minimum absolute atomic E-state index is 0.121. The maximum Gasteiger partial charge on any atom is 0.178 e. The molecule has 0 fully saturated rings. The van der Waals surface area contributed by atoms with Gasteiger partial charge in [-0.05, 0) is 44.4 Å². The van der Waals surface area contributed by atoms with Crippen LogP contribution in [0.4, 0.5) is 0 Å². The third-order valence-electron chi connectivity index (χ3n) is 2.69. The molecule has 0 radical (unpaired) electrons. The molecule has 0 amide bonds. The minimum Gasteiger partial charge on any atom is -0.390 e. The number of sulfone groups is 1. The monoisotopic (exact) mass is 256 g/mol. The van der Waals surface area contributed by atoms with E-state index in [-0.39, 0.29) is 5.75 Å². The number of benzene rings is 1. The van der Waals surface area contributed by atoms with Gasteiger partial charge in [-0.1, -0.05) is 19.1 Å². The number of aryl methyl sites for hydroxylation is 1. The van der Waals surface area contributed by atoms with Gasteiger partial charge in [0.25, 0.3) is 0 Å². The quantitative estimate of drug-likeness (QED) is 0.878. The fourth-order valence-corrected chi connectivity index (χ4v) is 2.36. The molecule has 17 heavy (non-hydrogen) atoms. The predicted molar refractivity (Wildman–Crippen MR) is 68.8 cm³/mol. The normalized spacial score (nSPS) is 12.7. The van der Waals surface area contributed by atoms with E-state index in [4.69, 9.17) is 0 Å². The summed E-state index contributed by atoms with van der Waals surface area (Å²) in [5.74, 6) is 0.121. The van der Waals surface area contributed by atoms with Gasteiger partial charge >= 0.3 is 0 Å². The SMILES string of the molecule is CCS(=O)(=O)c1ccc(CCC(C)(C)O)cc1. The average Bonchev–Trinajstić information content (AvgIpc) is 2.26. The lowest BCUT2D eigenvalue weighted by Gasteiger charge is -2.16. The minimum atomic E-state index is -3.11. The first-order valence-corrected chi connectivity index (χ1v) is 7.44. The Hall–Kier alpha value is -0.870. The van der Waals surface area contributed by atoms with Crippen LogP contribution in [0, 0.1) is 0 Å². The Morgan fingerprint density at radius 2 is 1.71 bits per heavy atom. The van der Waals surface area contributed by atoms with E-state index in [2.05, 4.69) is 0 Å². The highest BCUT2D eigenvalue weighted by Gasteiger charge is 2.13. The van der Waals surface area contributed by atoms with E-state index in [0.29, 0.717) is 11.3 Å². The van der Waals surface area contributed by atoms with Gasteiger partial charge in [-0.3, -0.25) is 0 Å². The molecule has 0 saturated carbocycles. The Bertz CT molecular complexity index is 452. The zero-order chi connectivity index (χ0) is 13.1. The fraction of sp³-hybridized carbons (Fsp3) is 0.538. The molecule has 1 aromatic carbocycles. The van der Waals surface area contributed by atoms with Crippen molar-refractivity contribution in [2.75, 3.05) is 5.75 Å². The molecule has 0 unspecified atom stereocenters. The van der Waals surface area contributed by atoms with Gasteiger partial charge in [0.1, 0.15) is 0 Å². The lowest BCUT2D eigenvalue weighted by molar-refractivity contribution is 0.0714. The van der Waals surface area contributed by atoms with E-state index in [9.17, 15) is 13.5 Å². The van der Waals surface area contributed by atoms with E-state index in [1.54, 1.807) is 32.9 Å². The Balaban J connectivity index is 2.76. The largest absolute Gasteiger partial charge is 0.390 e. The molecule has 0 aliphatic rings. The van der Waals surface area contributed by atoms with E-state index >= 15 is 0 Å². The summed E-state index contributed by atoms with van der Waals surface area (Å²) in [6.45, 7) is 5.17. The molecule has 3 nitrogen and oxygen atoms in total. The van der Waals surface area contributed by atoms with Gasteiger partial charge in [-0.25, -0.2) is 8.42 Å². The van der Waals surface area contributed by atoms with Gasteiger partial charge in [0, 0.05) is 0 Å². The lowest BCUT2D eigenvalue weighted by atomic mass is 9.99.